The second-order valence-electron chi connectivity index (χ2n) is 7.94. The predicted octanol–water partition coefficient (Wildman–Crippen LogP) is 3.24. The fraction of sp³-hybridized carbons (Fsp3) is 0.545. The summed E-state index contributed by atoms with van der Waals surface area (Å²) in [5, 5.41) is 11.8. The molecule has 204 valence electrons. The minimum Gasteiger partial charge on any atom is -0.465 e. The Morgan fingerprint density at radius 2 is 2.03 bits per heavy atom. The van der Waals surface area contributed by atoms with Gasteiger partial charge in [-0.05, 0) is 38.2 Å². The molecule has 0 spiro atoms. The molecule has 1 aliphatic rings. The highest BCUT2D eigenvalue weighted by atomic mass is 19.4. The van der Waals surface area contributed by atoms with E-state index in [1.54, 1.807) is 6.92 Å². The van der Waals surface area contributed by atoms with Gasteiger partial charge in [-0.15, -0.1) is 0 Å². The first-order valence-electron chi connectivity index (χ1n) is 11.3. The van der Waals surface area contributed by atoms with Crippen molar-refractivity contribution in [3.05, 3.63) is 34.0 Å². The molecule has 1 fully saturated rings. The van der Waals surface area contributed by atoms with Gasteiger partial charge in [0.1, 0.15) is 12.2 Å². The summed E-state index contributed by atoms with van der Waals surface area (Å²) in [7, 11) is 0. The molecule has 0 aliphatic carbocycles. The van der Waals surface area contributed by atoms with Crippen LogP contribution in [0.25, 0.3) is 0 Å². The summed E-state index contributed by atoms with van der Waals surface area (Å²) in [5.41, 5.74) is 3.96. The number of nitrogens with zero attached hydrogens (tertiary/aromatic N) is 5. The molecule has 0 amide bonds. The predicted molar refractivity (Wildman–Crippen MR) is 128 cm³/mol. The number of alkyl halides is 3. The minimum atomic E-state index is -4.69. The Bertz CT molecular complexity index is 1040. The minimum absolute atomic E-state index is 0.0101. The van der Waals surface area contributed by atoms with Crippen LogP contribution in [-0.2, 0) is 14.3 Å². The highest BCUT2D eigenvalue weighted by Gasteiger charge is 2.33. The standard InChI is InChI=1S/C22H29F3N6O6/c1-4-16(22(23,24)25)27-10-14(3)11-30(12-17(32)36-5-2)20-18(31(33)34)19(26)28-21(29-20)37-13-15-6-8-35-9-7-15/h4,10,15H,3,5-9,11-13H2,1-2H3,(H2,26,28,29)/b16-4-,27-10?. The van der Waals surface area contributed by atoms with Crippen molar-refractivity contribution in [2.45, 2.75) is 32.9 Å². The van der Waals surface area contributed by atoms with E-state index in [0.717, 1.165) is 30.0 Å². The number of anilines is 2. The molecule has 1 aromatic rings. The van der Waals surface area contributed by atoms with E-state index in [0.29, 0.717) is 13.2 Å². The molecule has 2 heterocycles. The van der Waals surface area contributed by atoms with Gasteiger partial charge in [0.15, 0.2) is 0 Å². The van der Waals surface area contributed by atoms with Crippen molar-refractivity contribution in [2.75, 3.05) is 50.2 Å². The number of rotatable bonds is 12. The summed E-state index contributed by atoms with van der Waals surface area (Å²) < 4.78 is 54.8. The van der Waals surface area contributed by atoms with Crippen molar-refractivity contribution in [3.8, 4) is 6.01 Å². The largest absolute Gasteiger partial charge is 0.465 e. The van der Waals surface area contributed by atoms with E-state index in [4.69, 9.17) is 19.9 Å². The van der Waals surface area contributed by atoms with E-state index < -0.39 is 40.8 Å². The van der Waals surface area contributed by atoms with Gasteiger partial charge >= 0.3 is 23.8 Å². The lowest BCUT2D eigenvalue weighted by Crippen LogP contribution is -2.34. The third-order valence-electron chi connectivity index (χ3n) is 5.11. The zero-order valence-electron chi connectivity index (χ0n) is 20.5. The number of hydrogen-bond donors (Lipinski definition) is 1. The van der Waals surface area contributed by atoms with Gasteiger partial charge in [0.05, 0.1) is 18.1 Å². The third kappa shape index (κ3) is 9.00. The molecule has 1 aliphatic heterocycles. The van der Waals surface area contributed by atoms with Gasteiger partial charge in [-0.2, -0.15) is 23.1 Å². The Hall–Kier alpha value is -3.75. The zero-order chi connectivity index (χ0) is 27.6. The van der Waals surface area contributed by atoms with Crippen LogP contribution in [0.3, 0.4) is 0 Å². The van der Waals surface area contributed by atoms with Crippen LogP contribution in [-0.4, -0.2) is 72.8 Å². The molecule has 0 saturated carbocycles. The van der Waals surface area contributed by atoms with Crippen molar-refractivity contribution in [3.63, 3.8) is 0 Å². The monoisotopic (exact) mass is 530 g/mol. The highest BCUT2D eigenvalue weighted by molar-refractivity contribution is 5.83. The summed E-state index contributed by atoms with van der Waals surface area (Å²) >= 11 is 0. The lowest BCUT2D eigenvalue weighted by atomic mass is 10.0. The number of carbonyl (C=O) groups is 1. The lowest BCUT2D eigenvalue weighted by Gasteiger charge is -2.24. The second-order valence-corrected chi connectivity index (χ2v) is 7.94. The molecule has 37 heavy (non-hydrogen) atoms. The average Bonchev–Trinajstić information content (AvgIpc) is 2.82. The first-order chi connectivity index (χ1) is 17.5. The maximum Gasteiger partial charge on any atom is 0.433 e. The Morgan fingerprint density at radius 1 is 1.35 bits per heavy atom. The van der Waals surface area contributed by atoms with Gasteiger partial charge < -0.3 is 24.8 Å². The van der Waals surface area contributed by atoms with Crippen molar-refractivity contribution in [1.82, 2.24) is 9.97 Å². The number of ether oxygens (including phenoxy) is 3. The average molecular weight is 531 g/mol. The van der Waals surface area contributed by atoms with Crippen LogP contribution < -0.4 is 15.4 Å². The number of aromatic nitrogens is 2. The number of allylic oxidation sites excluding steroid dienone is 2. The van der Waals surface area contributed by atoms with E-state index in [9.17, 15) is 28.1 Å². The summed E-state index contributed by atoms with van der Waals surface area (Å²) in [6.07, 6.45) is -1.57. The number of aliphatic imine (C=N–C) groups is 1. The number of nitro groups is 1. The topological polar surface area (TPSA) is 155 Å². The Labute approximate surface area is 211 Å². The molecule has 0 radical (unpaired) electrons. The van der Waals surface area contributed by atoms with Gasteiger partial charge in [-0.25, -0.2) is 0 Å². The van der Waals surface area contributed by atoms with Crippen molar-refractivity contribution in [2.24, 2.45) is 10.9 Å². The molecule has 1 aromatic heterocycles. The number of nitrogen functional groups attached to an aromatic ring is 1. The fourth-order valence-corrected chi connectivity index (χ4v) is 3.33. The quantitative estimate of drug-likeness (QED) is 0.184. The Balaban J connectivity index is 2.39. The van der Waals surface area contributed by atoms with E-state index in [1.165, 1.54) is 6.92 Å². The van der Waals surface area contributed by atoms with Crippen molar-refractivity contribution in [1.29, 1.82) is 0 Å². The molecular formula is C22H29F3N6O6. The van der Waals surface area contributed by atoms with Gasteiger partial charge in [-0.3, -0.25) is 19.9 Å². The molecule has 2 N–H and O–H groups in total. The van der Waals surface area contributed by atoms with Gasteiger partial charge in [0.25, 0.3) is 0 Å². The number of carbonyl (C=O) groups excluding carboxylic acids is 1. The normalized spacial score (nSPS) is 15.0. The number of halogens is 3. The maximum atomic E-state index is 13.0. The molecule has 1 saturated heterocycles. The van der Waals surface area contributed by atoms with Crippen LogP contribution in [0.5, 0.6) is 6.01 Å². The van der Waals surface area contributed by atoms with Gasteiger partial charge in [-0.1, -0.05) is 12.7 Å². The number of nitrogens with two attached hydrogens (primary N) is 1. The van der Waals surface area contributed by atoms with E-state index in [1.807, 2.05) is 0 Å². The first-order valence-corrected chi connectivity index (χ1v) is 11.3. The van der Waals surface area contributed by atoms with E-state index >= 15 is 0 Å². The molecule has 0 bridgehead atoms. The summed E-state index contributed by atoms with van der Waals surface area (Å²) in [4.78, 5) is 35.7. The second kappa shape index (κ2) is 13.5. The fourth-order valence-electron chi connectivity index (χ4n) is 3.33. The molecule has 0 aromatic carbocycles. The van der Waals surface area contributed by atoms with Crippen LogP contribution >= 0.6 is 0 Å². The SMILES string of the molecule is C=C(C=N/C(=C\C)C(F)(F)F)CN(CC(=O)OCC)c1nc(OCC2CCOCC2)nc(N)c1[N+](=O)[O-]. The van der Waals surface area contributed by atoms with Crippen LogP contribution in [0.1, 0.15) is 26.7 Å². The van der Waals surface area contributed by atoms with Crippen LogP contribution in [0.2, 0.25) is 0 Å². The van der Waals surface area contributed by atoms with E-state index in [-0.39, 0.29) is 43.1 Å². The van der Waals surface area contributed by atoms with Crippen LogP contribution in [0.15, 0.2) is 28.9 Å². The van der Waals surface area contributed by atoms with E-state index in [2.05, 4.69) is 21.5 Å². The summed E-state index contributed by atoms with van der Waals surface area (Å²) in [5.74, 6) is -1.52. The van der Waals surface area contributed by atoms with Gasteiger partial charge in [0.2, 0.25) is 11.6 Å². The van der Waals surface area contributed by atoms with Crippen LogP contribution in [0, 0.1) is 16.0 Å². The summed E-state index contributed by atoms with van der Waals surface area (Å²) in [6.45, 7) is 6.86. The van der Waals surface area contributed by atoms with Gasteiger partial charge in [0, 0.05) is 26.0 Å². The first kappa shape index (κ1) is 29.5. The number of hydrogen-bond acceptors (Lipinski definition) is 11. The summed E-state index contributed by atoms with van der Waals surface area (Å²) in [6, 6.07) is -0.258. The van der Waals surface area contributed by atoms with Crippen molar-refractivity contribution < 1.29 is 37.1 Å². The Kier molecular flexibility index (Phi) is 10.8. The highest BCUT2D eigenvalue weighted by Crippen LogP contribution is 2.33. The molecule has 2 rings (SSSR count). The third-order valence-corrected chi connectivity index (χ3v) is 5.11. The molecular weight excluding hydrogens is 501 g/mol. The molecule has 0 unspecified atom stereocenters. The molecule has 15 heteroatoms. The molecule has 0 atom stereocenters. The maximum absolute atomic E-state index is 13.0. The zero-order valence-corrected chi connectivity index (χ0v) is 20.5. The lowest BCUT2D eigenvalue weighted by molar-refractivity contribution is -0.383. The van der Waals surface area contributed by atoms with Crippen molar-refractivity contribution >= 4 is 29.5 Å². The molecule has 12 nitrogen and oxygen atoms in total. The van der Waals surface area contributed by atoms with Crippen LogP contribution in [0.4, 0.5) is 30.5 Å². The Morgan fingerprint density at radius 3 is 2.59 bits per heavy atom. The number of esters is 1. The smallest absolute Gasteiger partial charge is 0.433 e.